The van der Waals surface area contributed by atoms with E-state index in [9.17, 15) is 0 Å². The highest BCUT2D eigenvalue weighted by Crippen LogP contribution is 2.36. The molecule has 3 aromatic heterocycles. The first-order valence-corrected chi connectivity index (χ1v) is 10.5. The Morgan fingerprint density at radius 2 is 2.00 bits per heavy atom. The van der Waals surface area contributed by atoms with Crippen LogP contribution in [0.2, 0.25) is 0 Å². The Hall–Kier alpha value is -2.29. The second-order valence-electron chi connectivity index (χ2n) is 5.56. The second kappa shape index (κ2) is 7.14. The van der Waals surface area contributed by atoms with Crippen molar-refractivity contribution in [2.45, 2.75) is 13.8 Å². The van der Waals surface area contributed by atoms with E-state index >= 15 is 0 Å². The fraction of sp³-hybridized carbons (Fsp3) is 0.167. The summed E-state index contributed by atoms with van der Waals surface area (Å²) < 4.78 is 5.49. The lowest BCUT2D eigenvalue weighted by molar-refractivity contribution is 0.417. The molecule has 0 amide bonds. The molecule has 26 heavy (non-hydrogen) atoms. The van der Waals surface area contributed by atoms with Gasteiger partial charge in [0, 0.05) is 22.5 Å². The van der Waals surface area contributed by atoms with Crippen molar-refractivity contribution in [3.63, 3.8) is 0 Å². The summed E-state index contributed by atoms with van der Waals surface area (Å²) in [4.78, 5) is 14.7. The molecule has 0 spiro atoms. The van der Waals surface area contributed by atoms with E-state index in [2.05, 4.69) is 20.7 Å². The van der Waals surface area contributed by atoms with E-state index < -0.39 is 0 Å². The molecule has 0 radical (unpaired) electrons. The van der Waals surface area contributed by atoms with Crippen LogP contribution in [0.3, 0.4) is 0 Å². The average Bonchev–Trinajstić information content (AvgIpc) is 3.36. The molecule has 0 aliphatic heterocycles. The van der Waals surface area contributed by atoms with Gasteiger partial charge in [0.15, 0.2) is 5.13 Å². The van der Waals surface area contributed by atoms with Crippen LogP contribution in [-0.4, -0.2) is 22.1 Å². The summed E-state index contributed by atoms with van der Waals surface area (Å²) in [6.45, 7) is 4.04. The number of ether oxygens (including phenoxy) is 1. The average molecular weight is 401 g/mol. The number of nitrogens with zero attached hydrogens (tertiary/aromatic N) is 3. The lowest BCUT2D eigenvalue weighted by Crippen LogP contribution is -1.95. The number of hydrogen-bond acceptors (Lipinski definition) is 8. The fourth-order valence-electron chi connectivity index (χ4n) is 2.62. The summed E-state index contributed by atoms with van der Waals surface area (Å²) in [5, 5.41) is 10.3. The Kier molecular flexibility index (Phi) is 4.71. The zero-order valence-corrected chi connectivity index (χ0v) is 16.9. The molecule has 4 aromatic rings. The van der Waals surface area contributed by atoms with Crippen LogP contribution in [0.15, 0.2) is 35.2 Å². The van der Waals surface area contributed by atoms with Gasteiger partial charge in [-0.25, -0.2) is 15.0 Å². The number of hydrogen-bond donors (Lipinski definition) is 1. The monoisotopic (exact) mass is 400 g/mol. The van der Waals surface area contributed by atoms with Crippen LogP contribution in [0, 0.1) is 13.8 Å². The molecule has 0 saturated heterocycles. The number of methoxy groups -OCH3 is 1. The Morgan fingerprint density at radius 1 is 1.12 bits per heavy atom. The molecule has 0 atom stereocenters. The van der Waals surface area contributed by atoms with E-state index in [1.807, 2.05) is 43.6 Å². The molecule has 0 bridgehead atoms. The molecule has 0 saturated carbocycles. The molecule has 132 valence electrons. The lowest BCUT2D eigenvalue weighted by atomic mass is 10.2. The van der Waals surface area contributed by atoms with Gasteiger partial charge in [0.1, 0.15) is 10.8 Å². The van der Waals surface area contributed by atoms with Gasteiger partial charge in [-0.1, -0.05) is 0 Å². The number of nitrogens with one attached hydrogen (secondary N) is 1. The van der Waals surface area contributed by atoms with E-state index in [0.717, 1.165) is 48.4 Å². The van der Waals surface area contributed by atoms with Crippen LogP contribution in [0.4, 0.5) is 10.8 Å². The highest BCUT2D eigenvalue weighted by Gasteiger charge is 2.13. The molecule has 3 heterocycles. The second-order valence-corrected chi connectivity index (χ2v) is 8.52. The molecule has 4 rings (SSSR count). The summed E-state index contributed by atoms with van der Waals surface area (Å²) in [5.41, 5.74) is 3.90. The predicted octanol–water partition coefficient (Wildman–Crippen LogP) is 5.76. The van der Waals surface area contributed by atoms with Gasteiger partial charge >= 0.3 is 0 Å². The van der Waals surface area contributed by atoms with Crippen LogP contribution in [0.5, 0.6) is 5.75 Å². The SMILES string of the molecule is COc1ccc(-c2nccs2)cc1Nc1nc(-c2sc(C)nc2C)cs1. The molecular weight excluding hydrogens is 384 g/mol. The van der Waals surface area contributed by atoms with Crippen molar-refractivity contribution in [3.8, 4) is 26.9 Å². The summed E-state index contributed by atoms with van der Waals surface area (Å²) in [7, 11) is 1.67. The topological polar surface area (TPSA) is 59.9 Å². The molecule has 8 heteroatoms. The molecule has 0 aliphatic rings. The van der Waals surface area contributed by atoms with Crippen molar-refractivity contribution in [2.75, 3.05) is 12.4 Å². The van der Waals surface area contributed by atoms with Gasteiger partial charge in [-0.3, -0.25) is 0 Å². The fourth-order valence-corrected chi connectivity index (χ4v) is 4.93. The number of thiazole rings is 3. The Balaban J connectivity index is 1.65. The maximum absolute atomic E-state index is 5.49. The largest absolute Gasteiger partial charge is 0.495 e. The highest BCUT2D eigenvalue weighted by molar-refractivity contribution is 7.16. The van der Waals surface area contributed by atoms with Crippen LogP contribution in [-0.2, 0) is 0 Å². The van der Waals surface area contributed by atoms with E-state index in [4.69, 9.17) is 9.72 Å². The molecule has 0 unspecified atom stereocenters. The van der Waals surface area contributed by atoms with Crippen LogP contribution < -0.4 is 10.1 Å². The van der Waals surface area contributed by atoms with E-state index in [1.54, 1.807) is 41.1 Å². The summed E-state index contributed by atoms with van der Waals surface area (Å²) in [6, 6.07) is 6.00. The molecule has 1 aromatic carbocycles. The third kappa shape index (κ3) is 3.35. The Bertz CT molecular complexity index is 1040. The molecule has 5 nitrogen and oxygen atoms in total. The minimum atomic E-state index is 0.770. The van der Waals surface area contributed by atoms with Gasteiger partial charge in [0.05, 0.1) is 34.1 Å². The maximum Gasteiger partial charge on any atom is 0.187 e. The summed E-state index contributed by atoms with van der Waals surface area (Å²) >= 11 is 4.85. The van der Waals surface area contributed by atoms with Gasteiger partial charge in [0.2, 0.25) is 0 Å². The van der Waals surface area contributed by atoms with Gasteiger partial charge in [-0.2, -0.15) is 0 Å². The molecule has 1 N–H and O–H groups in total. The van der Waals surface area contributed by atoms with E-state index in [1.165, 1.54) is 0 Å². The van der Waals surface area contributed by atoms with Gasteiger partial charge in [-0.05, 0) is 32.0 Å². The van der Waals surface area contributed by atoms with Crippen molar-refractivity contribution < 1.29 is 4.74 Å². The summed E-state index contributed by atoms with van der Waals surface area (Å²) in [6.07, 6.45) is 1.81. The van der Waals surface area contributed by atoms with Crippen molar-refractivity contribution in [2.24, 2.45) is 0 Å². The van der Waals surface area contributed by atoms with Crippen molar-refractivity contribution >= 4 is 44.8 Å². The number of anilines is 2. The minimum Gasteiger partial charge on any atom is -0.495 e. The number of aromatic nitrogens is 3. The highest BCUT2D eigenvalue weighted by atomic mass is 32.1. The number of benzene rings is 1. The first-order valence-electron chi connectivity index (χ1n) is 7.89. The standard InChI is InChI=1S/C18H16N4OS3/c1-10-16(26-11(2)20-10)14-9-25-18(22-14)21-13-8-12(4-5-15(13)23-3)17-19-6-7-24-17/h4-9H,1-3H3,(H,21,22). The Labute approximate surface area is 163 Å². The van der Waals surface area contributed by atoms with Crippen molar-refractivity contribution in [3.05, 3.63) is 45.9 Å². The molecule has 0 fully saturated rings. The van der Waals surface area contributed by atoms with E-state index in [0.29, 0.717) is 0 Å². The van der Waals surface area contributed by atoms with Crippen LogP contribution in [0.25, 0.3) is 21.1 Å². The number of aryl methyl sites for hydroxylation is 2. The Morgan fingerprint density at radius 3 is 2.69 bits per heavy atom. The first kappa shape index (κ1) is 17.1. The van der Waals surface area contributed by atoms with Gasteiger partial charge in [-0.15, -0.1) is 34.0 Å². The van der Waals surface area contributed by atoms with Gasteiger partial charge < -0.3 is 10.1 Å². The smallest absolute Gasteiger partial charge is 0.187 e. The zero-order valence-electron chi connectivity index (χ0n) is 14.4. The minimum absolute atomic E-state index is 0.770. The van der Waals surface area contributed by atoms with Crippen LogP contribution in [0.1, 0.15) is 10.7 Å². The van der Waals surface area contributed by atoms with Crippen molar-refractivity contribution in [1.29, 1.82) is 0 Å². The molecular formula is C18H16N4OS3. The maximum atomic E-state index is 5.49. The summed E-state index contributed by atoms with van der Waals surface area (Å²) in [5.74, 6) is 0.770. The lowest BCUT2D eigenvalue weighted by Gasteiger charge is -2.10. The number of rotatable bonds is 5. The molecule has 0 aliphatic carbocycles. The van der Waals surface area contributed by atoms with Crippen molar-refractivity contribution in [1.82, 2.24) is 15.0 Å². The predicted molar refractivity (Wildman–Crippen MR) is 110 cm³/mol. The first-order chi connectivity index (χ1) is 12.6. The quantitative estimate of drug-likeness (QED) is 0.461. The van der Waals surface area contributed by atoms with E-state index in [-0.39, 0.29) is 0 Å². The van der Waals surface area contributed by atoms with Gasteiger partial charge in [0.25, 0.3) is 0 Å². The third-order valence-electron chi connectivity index (χ3n) is 3.76. The van der Waals surface area contributed by atoms with Crippen LogP contribution >= 0.6 is 34.0 Å². The zero-order chi connectivity index (χ0) is 18.1. The third-order valence-corrected chi connectivity index (χ3v) is 6.44. The normalized spacial score (nSPS) is 10.9.